The van der Waals surface area contributed by atoms with Gasteiger partial charge in [0.1, 0.15) is 0 Å². The number of rotatable bonds is 4. The third-order valence-electron chi connectivity index (χ3n) is 5.63. The fourth-order valence-corrected chi connectivity index (χ4v) is 9.31. The molecule has 0 aromatic heterocycles. The van der Waals surface area contributed by atoms with E-state index in [0.29, 0.717) is 0 Å². The second kappa shape index (κ2) is 7.75. The van der Waals surface area contributed by atoms with Gasteiger partial charge in [0, 0.05) is 0 Å². The van der Waals surface area contributed by atoms with Crippen LogP contribution in [0.4, 0.5) is 0 Å². The van der Waals surface area contributed by atoms with Gasteiger partial charge in [0.15, 0.2) is 0 Å². The van der Waals surface area contributed by atoms with Gasteiger partial charge in [0.05, 0.1) is 0 Å². The molecule has 0 bridgehead atoms. The van der Waals surface area contributed by atoms with E-state index in [-0.39, 0.29) is 0 Å². The van der Waals surface area contributed by atoms with Crippen molar-refractivity contribution in [1.82, 2.24) is 0 Å². The van der Waals surface area contributed by atoms with Gasteiger partial charge in [-0.15, -0.1) is 17.2 Å². The van der Waals surface area contributed by atoms with Gasteiger partial charge in [0.2, 0.25) is 0 Å². The van der Waals surface area contributed by atoms with Crippen LogP contribution in [0.5, 0.6) is 0 Å². The van der Waals surface area contributed by atoms with E-state index in [4.69, 9.17) is 0 Å². The van der Waals surface area contributed by atoms with Crippen molar-refractivity contribution < 1.29 is 0 Å². The predicted molar refractivity (Wildman–Crippen MR) is 91.8 cm³/mol. The first-order valence-electron chi connectivity index (χ1n) is 8.94. The highest BCUT2D eigenvalue weighted by molar-refractivity contribution is 7.44. The molecule has 3 aliphatic carbocycles. The van der Waals surface area contributed by atoms with Crippen LogP contribution in [0, 0.1) is 0 Å². The van der Waals surface area contributed by atoms with Crippen LogP contribution in [0.15, 0.2) is 0 Å². The Morgan fingerprint density at radius 2 is 0.842 bits per heavy atom. The molecule has 0 aliphatic heterocycles. The van der Waals surface area contributed by atoms with Gasteiger partial charge in [-0.25, -0.2) is 0 Å². The van der Waals surface area contributed by atoms with Gasteiger partial charge >= 0.3 is 0 Å². The maximum atomic E-state index is 1.60. The van der Waals surface area contributed by atoms with Crippen molar-refractivity contribution in [2.45, 2.75) is 106 Å². The minimum Gasteiger partial charge on any atom is -0.115 e. The summed E-state index contributed by atoms with van der Waals surface area (Å²) in [5.74, 6) is 0. The maximum absolute atomic E-state index is 1.60. The van der Waals surface area contributed by atoms with Crippen LogP contribution in [0.2, 0.25) is 0 Å². The van der Waals surface area contributed by atoms with Crippen LogP contribution in [0.3, 0.4) is 0 Å². The molecule has 0 amide bonds. The highest BCUT2D eigenvalue weighted by atomic mass is 31.1. The predicted octanol–water partition coefficient (Wildman–Crippen LogP) is 5.93. The molecule has 0 saturated heterocycles. The minimum absolute atomic E-state index is 1.15. The fraction of sp³-hybridized carbons (Fsp3) is 1.00. The SMILES string of the molecule is C1CCC(P[C@H]2CCC[C@@H]2PC2CCCCC2)CC1. The number of hydrogen-bond donors (Lipinski definition) is 0. The molecular formula is C17H32P2. The molecule has 2 unspecified atom stereocenters. The molecule has 2 heteroatoms. The van der Waals surface area contributed by atoms with Gasteiger partial charge in [-0.05, 0) is 61.2 Å². The van der Waals surface area contributed by atoms with Crippen molar-refractivity contribution in [3.63, 3.8) is 0 Å². The molecule has 0 aromatic rings. The third kappa shape index (κ3) is 4.41. The molecule has 3 aliphatic rings. The molecule has 0 nitrogen and oxygen atoms in total. The summed E-state index contributed by atoms with van der Waals surface area (Å²) in [6.45, 7) is 0. The van der Waals surface area contributed by atoms with Crippen molar-refractivity contribution >= 4 is 17.2 Å². The first kappa shape index (κ1) is 14.8. The normalized spacial score (nSPS) is 36.0. The Morgan fingerprint density at radius 1 is 0.421 bits per heavy atom. The molecule has 0 aromatic carbocycles. The van der Waals surface area contributed by atoms with E-state index in [1.54, 1.807) is 70.6 Å². The molecule has 19 heavy (non-hydrogen) atoms. The van der Waals surface area contributed by atoms with Crippen LogP contribution in [-0.4, -0.2) is 22.6 Å². The molecule has 0 N–H and O–H groups in total. The lowest BCUT2D eigenvalue weighted by Crippen LogP contribution is -2.19. The molecule has 3 rings (SSSR count). The zero-order chi connectivity index (χ0) is 12.9. The summed E-state index contributed by atoms with van der Waals surface area (Å²) in [6.07, 6.45) is 20.3. The van der Waals surface area contributed by atoms with Crippen molar-refractivity contribution in [2.24, 2.45) is 0 Å². The molecular weight excluding hydrogens is 266 g/mol. The van der Waals surface area contributed by atoms with E-state index in [1.807, 2.05) is 0 Å². The Balaban J connectivity index is 1.46. The average Bonchev–Trinajstić information content (AvgIpc) is 2.88. The Hall–Kier alpha value is 0.860. The molecule has 0 spiro atoms. The smallest absolute Gasteiger partial charge is 0.0169 e. The summed E-state index contributed by atoms with van der Waals surface area (Å²) in [5.41, 5.74) is 4.64. The summed E-state index contributed by atoms with van der Waals surface area (Å²) < 4.78 is 0. The molecule has 110 valence electrons. The van der Waals surface area contributed by atoms with Crippen LogP contribution >= 0.6 is 17.2 Å². The largest absolute Gasteiger partial charge is 0.115 e. The molecule has 4 atom stereocenters. The summed E-state index contributed by atoms with van der Waals surface area (Å²) in [7, 11) is 2.69. The van der Waals surface area contributed by atoms with Crippen molar-refractivity contribution in [3.05, 3.63) is 0 Å². The van der Waals surface area contributed by atoms with Gasteiger partial charge in [-0.3, -0.25) is 0 Å². The quantitative estimate of drug-likeness (QED) is 0.564. The Morgan fingerprint density at radius 3 is 1.26 bits per heavy atom. The van der Waals surface area contributed by atoms with Crippen LogP contribution in [-0.2, 0) is 0 Å². The monoisotopic (exact) mass is 298 g/mol. The summed E-state index contributed by atoms with van der Waals surface area (Å²) in [6, 6.07) is 0. The van der Waals surface area contributed by atoms with E-state index in [9.17, 15) is 0 Å². The average molecular weight is 298 g/mol. The van der Waals surface area contributed by atoms with E-state index in [2.05, 4.69) is 0 Å². The highest BCUT2D eigenvalue weighted by Crippen LogP contribution is 2.51. The standard InChI is InChI=1S/C17H32P2/c1-3-8-14(9-4-1)18-16-12-7-13-17(16)19-15-10-5-2-6-11-15/h14-19H,1-13H2/t16-,17-/m0/s1. The summed E-state index contributed by atoms with van der Waals surface area (Å²) >= 11 is 0. The van der Waals surface area contributed by atoms with Crippen LogP contribution in [0.25, 0.3) is 0 Å². The Kier molecular flexibility index (Phi) is 6.03. The van der Waals surface area contributed by atoms with Gasteiger partial charge < -0.3 is 0 Å². The lowest BCUT2D eigenvalue weighted by atomic mass is 10.0. The van der Waals surface area contributed by atoms with Crippen LogP contribution in [0.1, 0.15) is 83.5 Å². The first-order chi connectivity index (χ1) is 9.42. The summed E-state index contributed by atoms with van der Waals surface area (Å²) in [4.78, 5) is 0. The lowest BCUT2D eigenvalue weighted by molar-refractivity contribution is 0.509. The molecule has 3 fully saturated rings. The molecule has 0 heterocycles. The second-order valence-electron chi connectivity index (χ2n) is 7.15. The van der Waals surface area contributed by atoms with Crippen molar-refractivity contribution in [3.8, 4) is 0 Å². The maximum Gasteiger partial charge on any atom is -0.0169 e. The van der Waals surface area contributed by atoms with E-state index in [1.165, 1.54) is 41.3 Å². The van der Waals surface area contributed by atoms with Gasteiger partial charge in [-0.2, -0.15) is 0 Å². The van der Waals surface area contributed by atoms with E-state index >= 15 is 0 Å². The lowest BCUT2D eigenvalue weighted by Gasteiger charge is -2.31. The first-order valence-corrected chi connectivity index (χ1v) is 11.2. The van der Waals surface area contributed by atoms with Gasteiger partial charge in [0.25, 0.3) is 0 Å². The Labute approximate surface area is 123 Å². The van der Waals surface area contributed by atoms with E-state index in [0.717, 1.165) is 11.3 Å². The zero-order valence-corrected chi connectivity index (χ0v) is 14.5. The summed E-state index contributed by atoms with van der Waals surface area (Å²) in [5, 5.41) is 0. The minimum atomic E-state index is 1.15. The van der Waals surface area contributed by atoms with Gasteiger partial charge in [-0.1, -0.05) is 44.9 Å². The van der Waals surface area contributed by atoms with Crippen molar-refractivity contribution in [2.75, 3.05) is 0 Å². The highest BCUT2D eigenvalue weighted by Gasteiger charge is 2.31. The molecule has 3 saturated carbocycles. The van der Waals surface area contributed by atoms with E-state index < -0.39 is 0 Å². The third-order valence-corrected chi connectivity index (χ3v) is 10.3. The Bertz CT molecular complexity index is 228. The van der Waals surface area contributed by atoms with Crippen molar-refractivity contribution in [1.29, 1.82) is 0 Å². The fourth-order valence-electron chi connectivity index (χ4n) is 4.50. The number of hydrogen-bond acceptors (Lipinski definition) is 0. The second-order valence-corrected chi connectivity index (χ2v) is 10.9. The topological polar surface area (TPSA) is 0 Å². The zero-order valence-electron chi connectivity index (χ0n) is 12.5. The molecule has 0 radical (unpaired) electrons. The van der Waals surface area contributed by atoms with Crippen LogP contribution < -0.4 is 0 Å².